The third-order valence-corrected chi connectivity index (χ3v) is 4.20. The van der Waals surface area contributed by atoms with E-state index in [0.717, 1.165) is 12.8 Å². The minimum atomic E-state index is -1.31. The van der Waals surface area contributed by atoms with Gasteiger partial charge in [-0.15, -0.1) is 0 Å². The normalized spacial score (nSPS) is 28.3. The van der Waals surface area contributed by atoms with E-state index in [4.69, 9.17) is 9.47 Å². The Morgan fingerprint density at radius 2 is 1.70 bits per heavy atom. The van der Waals surface area contributed by atoms with Crippen molar-refractivity contribution in [3.8, 4) is 0 Å². The van der Waals surface area contributed by atoms with Gasteiger partial charge in [0.05, 0.1) is 6.54 Å². The van der Waals surface area contributed by atoms with Gasteiger partial charge in [-0.2, -0.15) is 0 Å². The van der Waals surface area contributed by atoms with Crippen LogP contribution in [0.5, 0.6) is 0 Å². The molecule has 1 unspecified atom stereocenters. The number of hydrogen-bond acceptors (Lipinski definition) is 4. The van der Waals surface area contributed by atoms with Crippen molar-refractivity contribution in [2.24, 2.45) is 0 Å². The summed E-state index contributed by atoms with van der Waals surface area (Å²) in [5, 5.41) is 9.41. The SMILES string of the molecule is COC1(C(=O)O)CCC2(CC2)N(C(=O)OC(C)(C)C)C1. The van der Waals surface area contributed by atoms with E-state index in [1.807, 2.05) is 0 Å². The molecule has 1 aliphatic carbocycles. The Morgan fingerprint density at radius 3 is 2.10 bits per heavy atom. The molecule has 6 nitrogen and oxygen atoms in total. The highest BCUT2D eigenvalue weighted by molar-refractivity contribution is 5.80. The number of carbonyl (C=O) groups excluding carboxylic acids is 1. The molecule has 1 aliphatic heterocycles. The number of amides is 1. The molecule has 1 N–H and O–H groups in total. The molecule has 1 saturated heterocycles. The Bertz CT molecular complexity index is 424. The van der Waals surface area contributed by atoms with Crippen molar-refractivity contribution in [1.29, 1.82) is 0 Å². The zero-order valence-corrected chi connectivity index (χ0v) is 12.6. The highest BCUT2D eigenvalue weighted by atomic mass is 16.6. The molecule has 20 heavy (non-hydrogen) atoms. The Hall–Kier alpha value is -1.30. The van der Waals surface area contributed by atoms with E-state index in [9.17, 15) is 14.7 Å². The van der Waals surface area contributed by atoms with Gasteiger partial charge in [0.15, 0.2) is 5.60 Å². The molecule has 1 atom stereocenters. The lowest BCUT2D eigenvalue weighted by Crippen LogP contribution is -2.60. The maximum atomic E-state index is 12.4. The van der Waals surface area contributed by atoms with Crippen molar-refractivity contribution in [3.05, 3.63) is 0 Å². The number of nitrogens with zero attached hydrogens (tertiary/aromatic N) is 1. The molecule has 2 fully saturated rings. The molecule has 0 bridgehead atoms. The average molecular weight is 285 g/mol. The van der Waals surface area contributed by atoms with Crippen LogP contribution in [0.4, 0.5) is 4.79 Å². The number of carbonyl (C=O) groups is 2. The van der Waals surface area contributed by atoms with Gasteiger partial charge in [-0.3, -0.25) is 4.90 Å². The van der Waals surface area contributed by atoms with E-state index in [1.165, 1.54) is 7.11 Å². The summed E-state index contributed by atoms with van der Waals surface area (Å²) in [4.78, 5) is 25.4. The van der Waals surface area contributed by atoms with Crippen molar-refractivity contribution in [2.75, 3.05) is 13.7 Å². The number of ether oxygens (including phenoxy) is 2. The van der Waals surface area contributed by atoms with Gasteiger partial charge in [-0.1, -0.05) is 0 Å². The van der Waals surface area contributed by atoms with Gasteiger partial charge >= 0.3 is 12.1 Å². The van der Waals surface area contributed by atoms with Crippen LogP contribution in [0.15, 0.2) is 0 Å². The average Bonchev–Trinajstić information content (AvgIpc) is 3.08. The lowest BCUT2D eigenvalue weighted by atomic mass is 9.87. The zero-order valence-electron chi connectivity index (χ0n) is 12.6. The number of methoxy groups -OCH3 is 1. The van der Waals surface area contributed by atoms with Crippen LogP contribution in [-0.4, -0.2) is 52.5 Å². The minimum Gasteiger partial charge on any atom is -0.479 e. The molecule has 1 spiro atoms. The van der Waals surface area contributed by atoms with Crippen LogP contribution >= 0.6 is 0 Å². The smallest absolute Gasteiger partial charge is 0.410 e. The fourth-order valence-corrected chi connectivity index (χ4v) is 2.74. The Balaban J connectivity index is 2.20. The van der Waals surface area contributed by atoms with Crippen LogP contribution in [0.1, 0.15) is 46.5 Å². The molecule has 2 rings (SSSR count). The summed E-state index contributed by atoms with van der Waals surface area (Å²) in [6, 6.07) is 0. The predicted molar refractivity (Wildman–Crippen MR) is 71.5 cm³/mol. The van der Waals surface area contributed by atoms with E-state index < -0.39 is 23.3 Å². The van der Waals surface area contributed by atoms with Crippen molar-refractivity contribution in [2.45, 2.75) is 63.2 Å². The molecule has 0 radical (unpaired) electrons. The predicted octanol–water partition coefficient (Wildman–Crippen LogP) is 2.02. The molecule has 1 heterocycles. The summed E-state index contributed by atoms with van der Waals surface area (Å²) >= 11 is 0. The van der Waals surface area contributed by atoms with E-state index >= 15 is 0 Å². The molecular formula is C14H23NO5. The van der Waals surface area contributed by atoms with Gasteiger partial charge in [0.2, 0.25) is 0 Å². The molecule has 0 aromatic heterocycles. The fraction of sp³-hybridized carbons (Fsp3) is 0.857. The van der Waals surface area contributed by atoms with Crippen molar-refractivity contribution < 1.29 is 24.2 Å². The summed E-state index contributed by atoms with van der Waals surface area (Å²) < 4.78 is 10.6. The van der Waals surface area contributed by atoms with Gasteiger partial charge in [0.25, 0.3) is 0 Å². The van der Waals surface area contributed by atoms with Crippen LogP contribution in [0.2, 0.25) is 0 Å². The highest BCUT2D eigenvalue weighted by Gasteiger charge is 2.59. The number of piperidine rings is 1. The Kier molecular flexibility index (Phi) is 3.48. The maximum Gasteiger partial charge on any atom is 0.410 e. The monoisotopic (exact) mass is 285 g/mol. The second kappa shape index (κ2) is 4.62. The van der Waals surface area contributed by atoms with Crippen LogP contribution < -0.4 is 0 Å². The number of hydrogen-bond donors (Lipinski definition) is 1. The summed E-state index contributed by atoms with van der Waals surface area (Å²) in [5.41, 5.74) is -2.12. The zero-order chi connectivity index (χ0) is 15.2. The van der Waals surface area contributed by atoms with Crippen molar-refractivity contribution >= 4 is 12.1 Å². The second-order valence-electron chi connectivity index (χ2n) is 6.79. The highest BCUT2D eigenvalue weighted by Crippen LogP contribution is 2.51. The number of carboxylic acid groups (broad SMARTS) is 1. The summed E-state index contributed by atoms with van der Waals surface area (Å²) in [5.74, 6) is -1.02. The van der Waals surface area contributed by atoms with Gasteiger partial charge in [0, 0.05) is 12.6 Å². The molecule has 0 aromatic carbocycles. The molecule has 114 valence electrons. The first kappa shape index (κ1) is 15.1. The largest absolute Gasteiger partial charge is 0.479 e. The first-order valence-electron chi connectivity index (χ1n) is 6.93. The fourth-order valence-electron chi connectivity index (χ4n) is 2.74. The quantitative estimate of drug-likeness (QED) is 0.840. The third kappa shape index (κ3) is 2.61. The lowest BCUT2D eigenvalue weighted by Gasteiger charge is -2.44. The maximum absolute atomic E-state index is 12.4. The molecule has 0 aromatic rings. The standard InChI is InChI=1S/C14H23NO5/c1-12(2,3)20-11(18)15-9-14(19-4,10(16)17)8-7-13(15)5-6-13/h5-9H2,1-4H3,(H,16,17). The van der Waals surface area contributed by atoms with E-state index in [-0.39, 0.29) is 12.1 Å². The van der Waals surface area contributed by atoms with Gasteiger partial charge in [0.1, 0.15) is 5.60 Å². The Morgan fingerprint density at radius 1 is 1.15 bits per heavy atom. The number of likely N-dealkylation sites (tertiary alicyclic amines) is 1. The third-order valence-electron chi connectivity index (χ3n) is 4.20. The topological polar surface area (TPSA) is 76.1 Å². The number of rotatable bonds is 2. The Labute approximate surface area is 119 Å². The molecule has 2 aliphatic rings. The minimum absolute atomic E-state index is 0.0494. The van der Waals surface area contributed by atoms with Crippen molar-refractivity contribution in [1.82, 2.24) is 4.90 Å². The number of carboxylic acids is 1. The van der Waals surface area contributed by atoms with Gasteiger partial charge < -0.3 is 14.6 Å². The molecule has 1 amide bonds. The molecule has 6 heteroatoms. The van der Waals surface area contributed by atoms with E-state index in [0.29, 0.717) is 12.8 Å². The van der Waals surface area contributed by atoms with Gasteiger partial charge in [-0.25, -0.2) is 9.59 Å². The first-order chi connectivity index (χ1) is 9.14. The number of aliphatic carboxylic acids is 1. The van der Waals surface area contributed by atoms with E-state index in [1.54, 1.807) is 25.7 Å². The van der Waals surface area contributed by atoms with Crippen molar-refractivity contribution in [3.63, 3.8) is 0 Å². The summed E-state index contributed by atoms with van der Waals surface area (Å²) in [6.45, 7) is 5.45. The van der Waals surface area contributed by atoms with Crippen LogP contribution in [-0.2, 0) is 14.3 Å². The first-order valence-corrected chi connectivity index (χ1v) is 6.93. The summed E-state index contributed by atoms with van der Waals surface area (Å²) in [7, 11) is 1.38. The van der Waals surface area contributed by atoms with Gasteiger partial charge in [-0.05, 0) is 46.5 Å². The summed E-state index contributed by atoms with van der Waals surface area (Å²) in [6.07, 6.45) is 2.44. The second-order valence-corrected chi connectivity index (χ2v) is 6.79. The van der Waals surface area contributed by atoms with E-state index in [2.05, 4.69) is 0 Å². The molecular weight excluding hydrogens is 262 g/mol. The molecule has 1 saturated carbocycles. The van der Waals surface area contributed by atoms with Crippen LogP contribution in [0.3, 0.4) is 0 Å². The van der Waals surface area contributed by atoms with Crippen LogP contribution in [0, 0.1) is 0 Å². The van der Waals surface area contributed by atoms with Crippen LogP contribution in [0.25, 0.3) is 0 Å². The lowest BCUT2D eigenvalue weighted by molar-refractivity contribution is -0.171.